The summed E-state index contributed by atoms with van der Waals surface area (Å²) in [4.78, 5) is 10.9. The average molecular weight is 347 g/mol. The third-order valence-electron chi connectivity index (χ3n) is 4.75. The smallest absolute Gasteiger partial charge is 0.229 e. The van der Waals surface area contributed by atoms with Crippen LogP contribution in [0.2, 0.25) is 0 Å². The molecular formula is C16H21N5O4. The summed E-state index contributed by atoms with van der Waals surface area (Å²) in [5.41, 5.74) is 5.91. The average Bonchev–Trinajstić information content (AvgIpc) is 3.32. The highest BCUT2D eigenvalue weighted by Gasteiger charge is 2.48. The Morgan fingerprint density at radius 3 is 2.68 bits per heavy atom. The van der Waals surface area contributed by atoms with Gasteiger partial charge in [0.1, 0.15) is 12.4 Å². The van der Waals surface area contributed by atoms with Crippen LogP contribution in [-0.2, 0) is 11.2 Å². The van der Waals surface area contributed by atoms with Crippen LogP contribution in [0.25, 0.3) is 11.0 Å². The van der Waals surface area contributed by atoms with Gasteiger partial charge in [0.05, 0.1) is 5.39 Å². The molecule has 2 aromatic heterocycles. The van der Waals surface area contributed by atoms with Gasteiger partial charge in [-0.1, -0.05) is 6.92 Å². The van der Waals surface area contributed by atoms with Crippen molar-refractivity contribution in [1.82, 2.24) is 14.5 Å². The Kier molecular flexibility index (Phi) is 3.35. The van der Waals surface area contributed by atoms with Crippen molar-refractivity contribution < 1.29 is 20.1 Å². The van der Waals surface area contributed by atoms with Crippen molar-refractivity contribution in [1.29, 1.82) is 0 Å². The number of nitrogen functional groups attached to an aromatic ring is 1. The Morgan fingerprint density at radius 1 is 1.40 bits per heavy atom. The van der Waals surface area contributed by atoms with E-state index in [4.69, 9.17) is 10.5 Å². The normalized spacial score (nSPS) is 25.8. The summed E-state index contributed by atoms with van der Waals surface area (Å²) in [6.07, 6.45) is 1.53. The van der Waals surface area contributed by atoms with Crippen LogP contribution >= 0.6 is 0 Å². The molecule has 0 aliphatic carbocycles. The minimum Gasteiger partial charge on any atom is -0.506 e. The van der Waals surface area contributed by atoms with Gasteiger partial charge in [-0.25, -0.2) is 0 Å². The second-order valence-electron chi connectivity index (χ2n) is 6.56. The standard InChI is InChI=1S/C16H21N5O4/c1-3-8-6-21(14-16(2,24)11(23)9(7-22)25-14)13-10(8)12(17)18-15(19-13)20-4-5-20/h6,14,22-24H,3-5,7H2,1-2H3,(H2,17,18,19)/t14-,16?/m1/s1. The molecule has 0 radical (unpaired) electrons. The van der Waals surface area contributed by atoms with Crippen molar-refractivity contribution >= 4 is 22.8 Å². The first-order valence-corrected chi connectivity index (χ1v) is 8.22. The van der Waals surface area contributed by atoms with E-state index in [1.54, 1.807) is 10.8 Å². The SMILES string of the molecule is CCc1cn([C@@H]2OC(CO)=C(O)C2(C)O)c2nc(N3CC3)nc(N)c12. The summed E-state index contributed by atoms with van der Waals surface area (Å²) in [5.74, 6) is 0.472. The molecule has 0 bridgehead atoms. The Hall–Kier alpha value is -2.52. The number of nitrogens with zero attached hydrogens (tertiary/aromatic N) is 4. The molecule has 1 saturated heterocycles. The third kappa shape index (κ3) is 2.23. The minimum absolute atomic E-state index is 0.0527. The molecule has 2 aliphatic heterocycles. The van der Waals surface area contributed by atoms with E-state index in [1.807, 2.05) is 11.8 Å². The molecule has 5 N–H and O–H groups in total. The van der Waals surface area contributed by atoms with E-state index >= 15 is 0 Å². The fraction of sp³-hybridized carbons (Fsp3) is 0.500. The maximum Gasteiger partial charge on any atom is 0.229 e. The number of fused-ring (bicyclic) bond motifs is 1. The first kappa shape index (κ1) is 16.0. The Morgan fingerprint density at radius 2 is 2.12 bits per heavy atom. The Balaban J connectivity index is 1.90. The van der Waals surface area contributed by atoms with E-state index in [-0.39, 0.29) is 11.5 Å². The van der Waals surface area contributed by atoms with Crippen LogP contribution < -0.4 is 10.6 Å². The van der Waals surface area contributed by atoms with Gasteiger partial charge in [0.2, 0.25) is 12.2 Å². The summed E-state index contributed by atoms with van der Waals surface area (Å²) >= 11 is 0. The Bertz CT molecular complexity index is 884. The fourth-order valence-electron chi connectivity index (χ4n) is 3.22. The van der Waals surface area contributed by atoms with Gasteiger partial charge in [0, 0.05) is 19.3 Å². The van der Waals surface area contributed by atoms with Crippen molar-refractivity contribution in [3.63, 3.8) is 0 Å². The van der Waals surface area contributed by atoms with Crippen LogP contribution in [0.4, 0.5) is 11.8 Å². The van der Waals surface area contributed by atoms with E-state index in [1.165, 1.54) is 6.92 Å². The number of hydrogen-bond donors (Lipinski definition) is 4. The monoisotopic (exact) mass is 347 g/mol. The number of aliphatic hydroxyl groups is 3. The Labute approximate surface area is 144 Å². The van der Waals surface area contributed by atoms with E-state index in [0.717, 1.165) is 18.7 Å². The lowest BCUT2D eigenvalue weighted by atomic mass is 10.0. The molecule has 0 spiro atoms. The molecule has 2 aromatic rings. The van der Waals surface area contributed by atoms with Crippen molar-refractivity contribution in [3.8, 4) is 0 Å². The van der Waals surface area contributed by atoms with Crippen LogP contribution in [0, 0.1) is 0 Å². The highest BCUT2D eigenvalue weighted by atomic mass is 16.6. The molecule has 134 valence electrons. The van der Waals surface area contributed by atoms with Crippen LogP contribution in [0.1, 0.15) is 25.6 Å². The second-order valence-corrected chi connectivity index (χ2v) is 6.56. The van der Waals surface area contributed by atoms with Gasteiger partial charge < -0.3 is 30.7 Å². The predicted molar refractivity (Wildman–Crippen MR) is 91.0 cm³/mol. The summed E-state index contributed by atoms with van der Waals surface area (Å²) in [5, 5.41) is 31.0. The summed E-state index contributed by atoms with van der Waals surface area (Å²) < 4.78 is 7.27. The maximum absolute atomic E-state index is 10.7. The molecular weight excluding hydrogens is 326 g/mol. The van der Waals surface area contributed by atoms with Crippen LogP contribution in [0.5, 0.6) is 0 Å². The molecule has 1 fully saturated rings. The van der Waals surface area contributed by atoms with Gasteiger partial charge in [-0.2, -0.15) is 9.97 Å². The second kappa shape index (κ2) is 5.24. The largest absolute Gasteiger partial charge is 0.506 e. The quantitative estimate of drug-likeness (QED) is 0.586. The number of hydrogen-bond acceptors (Lipinski definition) is 8. The van der Waals surface area contributed by atoms with Gasteiger partial charge in [-0.05, 0) is 18.9 Å². The molecule has 25 heavy (non-hydrogen) atoms. The zero-order chi connectivity index (χ0) is 17.9. The van der Waals surface area contributed by atoms with Gasteiger partial charge >= 0.3 is 0 Å². The first-order valence-electron chi connectivity index (χ1n) is 8.22. The molecule has 2 atom stereocenters. The molecule has 1 unspecified atom stereocenters. The number of nitrogens with two attached hydrogens (primary N) is 1. The highest BCUT2D eigenvalue weighted by Crippen LogP contribution is 2.42. The van der Waals surface area contributed by atoms with Crippen LogP contribution in [0.15, 0.2) is 17.7 Å². The zero-order valence-electron chi connectivity index (χ0n) is 14.1. The lowest BCUT2D eigenvalue weighted by Gasteiger charge is -2.26. The molecule has 9 nitrogen and oxygen atoms in total. The van der Waals surface area contributed by atoms with Crippen molar-refractivity contribution in [2.24, 2.45) is 0 Å². The molecule has 2 aliphatic rings. The number of anilines is 2. The number of aryl methyl sites for hydroxylation is 1. The zero-order valence-corrected chi connectivity index (χ0v) is 14.1. The number of ether oxygens (including phenoxy) is 1. The van der Waals surface area contributed by atoms with Crippen LogP contribution in [0.3, 0.4) is 0 Å². The number of rotatable bonds is 4. The van der Waals surface area contributed by atoms with Crippen molar-refractivity contribution in [3.05, 3.63) is 23.3 Å². The first-order chi connectivity index (χ1) is 11.9. The summed E-state index contributed by atoms with van der Waals surface area (Å²) in [6, 6.07) is 0. The van der Waals surface area contributed by atoms with E-state index in [2.05, 4.69) is 9.97 Å². The lowest BCUT2D eigenvalue weighted by Crippen LogP contribution is -2.35. The maximum atomic E-state index is 10.7. The van der Waals surface area contributed by atoms with Crippen LogP contribution in [-0.4, -0.2) is 55.2 Å². The van der Waals surface area contributed by atoms with Gasteiger partial charge in [0.15, 0.2) is 22.8 Å². The molecule has 0 aromatic carbocycles. The highest BCUT2D eigenvalue weighted by molar-refractivity contribution is 5.91. The van der Waals surface area contributed by atoms with E-state index < -0.39 is 18.4 Å². The van der Waals surface area contributed by atoms with Gasteiger partial charge in [0.25, 0.3) is 0 Å². The molecule has 4 heterocycles. The minimum atomic E-state index is -1.70. The van der Waals surface area contributed by atoms with E-state index in [0.29, 0.717) is 29.2 Å². The van der Waals surface area contributed by atoms with E-state index in [9.17, 15) is 15.3 Å². The number of aliphatic hydroxyl groups excluding tert-OH is 2. The number of aromatic nitrogens is 3. The molecule has 0 amide bonds. The summed E-state index contributed by atoms with van der Waals surface area (Å²) in [6.45, 7) is 4.67. The molecule has 4 rings (SSSR count). The fourth-order valence-corrected chi connectivity index (χ4v) is 3.22. The van der Waals surface area contributed by atoms with Gasteiger partial charge in [-0.3, -0.25) is 4.57 Å². The van der Waals surface area contributed by atoms with Gasteiger partial charge in [-0.15, -0.1) is 0 Å². The third-order valence-corrected chi connectivity index (χ3v) is 4.75. The molecule has 0 saturated carbocycles. The topological polar surface area (TPSA) is 130 Å². The lowest BCUT2D eigenvalue weighted by molar-refractivity contribution is -0.0741. The van der Waals surface area contributed by atoms with Crippen molar-refractivity contribution in [2.45, 2.75) is 32.1 Å². The predicted octanol–water partition coefficient (Wildman–Crippen LogP) is 0.438. The molecule has 9 heteroatoms. The summed E-state index contributed by atoms with van der Waals surface area (Å²) in [7, 11) is 0. The van der Waals surface area contributed by atoms with Crippen molar-refractivity contribution in [2.75, 3.05) is 30.3 Å².